The molecule has 0 spiro atoms. The Morgan fingerprint density at radius 1 is 1.40 bits per heavy atom. The Balaban J connectivity index is 2.54. The lowest BCUT2D eigenvalue weighted by Crippen LogP contribution is -2.33. The number of aromatic nitrogens is 1. The molecule has 0 saturated heterocycles. The van der Waals surface area contributed by atoms with Crippen LogP contribution in [0.15, 0.2) is 6.07 Å². The summed E-state index contributed by atoms with van der Waals surface area (Å²) >= 11 is 11.4. The molecule has 1 heterocycles. The molecule has 2 nitrogen and oxygen atoms in total. The maximum absolute atomic E-state index is 13.2. The first kappa shape index (κ1) is 10.7. The fraction of sp³-hybridized carbons (Fsp3) is 0.400. The minimum Gasteiger partial charge on any atom is -0.221 e. The minimum absolute atomic E-state index is 0.127. The third-order valence-corrected chi connectivity index (χ3v) is 3.38. The Morgan fingerprint density at radius 3 is 2.53 bits per heavy atom. The van der Waals surface area contributed by atoms with E-state index < -0.39 is 11.2 Å². The molecule has 78 valence electrons. The molecule has 1 saturated carbocycles. The molecule has 0 amide bonds. The molecule has 0 N–H and O–H groups in total. The highest BCUT2D eigenvalue weighted by Gasteiger charge is 2.41. The van der Waals surface area contributed by atoms with Crippen LogP contribution in [0.3, 0.4) is 0 Å². The van der Waals surface area contributed by atoms with Gasteiger partial charge in [0.25, 0.3) is 0 Å². The number of hydrogen-bond acceptors (Lipinski definition) is 2. The zero-order chi connectivity index (χ0) is 11.1. The van der Waals surface area contributed by atoms with E-state index in [0.29, 0.717) is 18.4 Å². The van der Waals surface area contributed by atoms with Gasteiger partial charge in [-0.05, 0) is 25.3 Å². The van der Waals surface area contributed by atoms with Crippen molar-refractivity contribution < 1.29 is 4.39 Å². The normalized spacial score (nSPS) is 18.0. The summed E-state index contributed by atoms with van der Waals surface area (Å²) in [6.07, 6.45) is 2.35. The standard InChI is InChI=1S/C10H7Cl2FN2/c11-8-6(4-7(13)9(12)15-8)10(5-14)2-1-3-10/h4H,1-3H2. The van der Waals surface area contributed by atoms with Gasteiger partial charge in [0, 0.05) is 5.56 Å². The van der Waals surface area contributed by atoms with Gasteiger partial charge < -0.3 is 0 Å². The SMILES string of the molecule is N#CC1(c2cc(F)c(Cl)nc2Cl)CCC1. The fourth-order valence-electron chi connectivity index (χ4n) is 1.75. The number of pyridine rings is 1. The van der Waals surface area contributed by atoms with Gasteiger partial charge in [-0.25, -0.2) is 9.37 Å². The van der Waals surface area contributed by atoms with Crippen molar-refractivity contribution in [2.45, 2.75) is 24.7 Å². The molecule has 0 aromatic carbocycles. The van der Waals surface area contributed by atoms with Crippen LogP contribution >= 0.6 is 23.2 Å². The van der Waals surface area contributed by atoms with Crippen LogP contribution in [0.25, 0.3) is 0 Å². The third kappa shape index (κ3) is 1.58. The van der Waals surface area contributed by atoms with E-state index in [1.807, 2.05) is 0 Å². The first-order valence-corrected chi connectivity index (χ1v) is 5.28. The Labute approximate surface area is 96.6 Å². The first-order chi connectivity index (χ1) is 7.09. The Bertz CT molecular complexity index is 449. The van der Waals surface area contributed by atoms with Gasteiger partial charge in [0.2, 0.25) is 0 Å². The summed E-state index contributed by atoms with van der Waals surface area (Å²) in [4.78, 5) is 3.67. The van der Waals surface area contributed by atoms with Crippen LogP contribution in [-0.2, 0) is 5.41 Å². The summed E-state index contributed by atoms with van der Waals surface area (Å²) < 4.78 is 13.2. The summed E-state index contributed by atoms with van der Waals surface area (Å²) in [5, 5.41) is 8.96. The van der Waals surface area contributed by atoms with E-state index in [9.17, 15) is 4.39 Å². The smallest absolute Gasteiger partial charge is 0.166 e. The van der Waals surface area contributed by atoms with Crippen molar-refractivity contribution in [1.29, 1.82) is 5.26 Å². The molecule has 0 radical (unpaired) electrons. The molecule has 0 bridgehead atoms. The lowest BCUT2D eigenvalue weighted by molar-refractivity contribution is 0.322. The summed E-state index contributed by atoms with van der Waals surface area (Å²) in [7, 11) is 0. The largest absolute Gasteiger partial charge is 0.221 e. The number of halogens is 3. The maximum Gasteiger partial charge on any atom is 0.166 e. The van der Waals surface area contributed by atoms with Crippen LogP contribution < -0.4 is 0 Å². The van der Waals surface area contributed by atoms with Crippen LogP contribution in [0.4, 0.5) is 4.39 Å². The highest BCUT2D eigenvalue weighted by atomic mass is 35.5. The second-order valence-corrected chi connectivity index (χ2v) is 4.36. The van der Waals surface area contributed by atoms with Crippen LogP contribution in [0.2, 0.25) is 10.3 Å². The summed E-state index contributed by atoms with van der Waals surface area (Å²) in [5.74, 6) is -0.627. The summed E-state index contributed by atoms with van der Waals surface area (Å²) in [6.45, 7) is 0. The topological polar surface area (TPSA) is 36.7 Å². The average Bonchev–Trinajstić information content (AvgIpc) is 2.12. The number of hydrogen-bond donors (Lipinski definition) is 0. The van der Waals surface area contributed by atoms with Crippen LogP contribution in [0, 0.1) is 17.1 Å². The second kappa shape index (κ2) is 3.62. The van der Waals surface area contributed by atoms with Gasteiger partial charge in [0.05, 0.1) is 11.5 Å². The monoisotopic (exact) mass is 244 g/mol. The molecule has 1 aliphatic rings. The van der Waals surface area contributed by atoms with Gasteiger partial charge in [0.1, 0.15) is 5.15 Å². The van der Waals surface area contributed by atoms with Gasteiger partial charge in [-0.3, -0.25) is 0 Å². The van der Waals surface area contributed by atoms with Crippen LogP contribution in [0.1, 0.15) is 24.8 Å². The Kier molecular flexibility index (Phi) is 2.57. The first-order valence-electron chi connectivity index (χ1n) is 4.52. The Morgan fingerprint density at radius 2 is 2.07 bits per heavy atom. The highest BCUT2D eigenvalue weighted by molar-refractivity contribution is 6.33. The fourth-order valence-corrected chi connectivity index (χ4v) is 2.26. The van der Waals surface area contributed by atoms with E-state index in [4.69, 9.17) is 28.5 Å². The lowest BCUT2D eigenvalue weighted by Gasteiger charge is -2.35. The van der Waals surface area contributed by atoms with Crippen molar-refractivity contribution in [2.75, 3.05) is 0 Å². The molecule has 15 heavy (non-hydrogen) atoms. The molecule has 1 aromatic rings. The van der Waals surface area contributed by atoms with E-state index in [0.717, 1.165) is 6.42 Å². The maximum atomic E-state index is 13.2. The van der Waals surface area contributed by atoms with Crippen molar-refractivity contribution >= 4 is 23.2 Å². The number of nitrogens with zero attached hydrogens (tertiary/aromatic N) is 2. The summed E-state index contributed by atoms with van der Waals surface area (Å²) in [5.41, 5.74) is -0.199. The molecule has 1 aromatic heterocycles. The van der Waals surface area contributed by atoms with Crippen molar-refractivity contribution in [1.82, 2.24) is 4.98 Å². The quantitative estimate of drug-likeness (QED) is 0.710. The second-order valence-electron chi connectivity index (χ2n) is 3.65. The minimum atomic E-state index is -0.657. The van der Waals surface area contributed by atoms with Crippen molar-refractivity contribution in [3.8, 4) is 6.07 Å². The van der Waals surface area contributed by atoms with E-state index in [2.05, 4.69) is 11.1 Å². The van der Waals surface area contributed by atoms with Crippen molar-refractivity contribution in [3.63, 3.8) is 0 Å². The Hall–Kier alpha value is -0.850. The van der Waals surface area contributed by atoms with Crippen molar-refractivity contribution in [3.05, 3.63) is 27.8 Å². The zero-order valence-corrected chi connectivity index (χ0v) is 9.24. The van der Waals surface area contributed by atoms with Crippen LogP contribution in [-0.4, -0.2) is 4.98 Å². The van der Waals surface area contributed by atoms with Crippen LogP contribution in [0.5, 0.6) is 0 Å². The molecule has 5 heteroatoms. The van der Waals surface area contributed by atoms with E-state index in [1.54, 1.807) is 0 Å². The molecule has 0 atom stereocenters. The molecular weight excluding hydrogens is 238 g/mol. The zero-order valence-electron chi connectivity index (χ0n) is 7.73. The average molecular weight is 245 g/mol. The third-order valence-electron chi connectivity index (χ3n) is 2.82. The number of nitriles is 1. The van der Waals surface area contributed by atoms with Crippen molar-refractivity contribution in [2.24, 2.45) is 0 Å². The highest BCUT2D eigenvalue weighted by Crippen LogP contribution is 2.45. The molecule has 2 rings (SSSR count). The van der Waals surface area contributed by atoms with Gasteiger partial charge in [-0.15, -0.1) is 0 Å². The summed E-state index contributed by atoms with van der Waals surface area (Å²) in [6, 6.07) is 3.41. The predicted octanol–water partition coefficient (Wildman–Crippen LogP) is 3.47. The molecular formula is C10H7Cl2FN2. The van der Waals surface area contributed by atoms with Gasteiger partial charge >= 0.3 is 0 Å². The molecule has 0 aliphatic heterocycles. The molecule has 0 unspecified atom stereocenters. The van der Waals surface area contributed by atoms with E-state index >= 15 is 0 Å². The van der Waals surface area contributed by atoms with E-state index in [1.165, 1.54) is 6.07 Å². The van der Waals surface area contributed by atoms with Gasteiger partial charge in [-0.2, -0.15) is 5.26 Å². The van der Waals surface area contributed by atoms with Gasteiger partial charge in [-0.1, -0.05) is 23.2 Å². The molecule has 1 aliphatic carbocycles. The predicted molar refractivity (Wildman–Crippen MR) is 55.4 cm³/mol. The van der Waals surface area contributed by atoms with E-state index in [-0.39, 0.29) is 10.3 Å². The molecule has 1 fully saturated rings. The number of rotatable bonds is 1. The lowest BCUT2D eigenvalue weighted by atomic mass is 9.66. The van der Waals surface area contributed by atoms with Gasteiger partial charge in [0.15, 0.2) is 11.0 Å².